The van der Waals surface area contributed by atoms with Gasteiger partial charge in [-0.2, -0.15) is 0 Å². The fourth-order valence-electron chi connectivity index (χ4n) is 4.95. The molecule has 2 amide bonds. The molecule has 0 N–H and O–H groups in total. The lowest BCUT2D eigenvalue weighted by molar-refractivity contribution is -0.138. The summed E-state index contributed by atoms with van der Waals surface area (Å²) >= 11 is 6.16. The average Bonchev–Trinajstić information content (AvgIpc) is 3.21. The van der Waals surface area contributed by atoms with Gasteiger partial charge in [-0.25, -0.2) is 0 Å². The normalized spacial score (nSPS) is 19.6. The van der Waals surface area contributed by atoms with Crippen molar-refractivity contribution in [2.75, 3.05) is 13.1 Å². The topological polar surface area (TPSA) is 53.5 Å². The molecule has 32 heavy (non-hydrogen) atoms. The Morgan fingerprint density at radius 1 is 1.03 bits per heavy atom. The SMILES string of the molecule is CCc1ccc(CC(=O)N2CCN3C(=O)c4cccnc4CC23c2ccc(Cl)cc2)cc1. The summed E-state index contributed by atoms with van der Waals surface area (Å²) in [4.78, 5) is 35.3. The van der Waals surface area contributed by atoms with Crippen LogP contribution in [0.1, 0.15) is 39.7 Å². The molecule has 1 aromatic heterocycles. The molecule has 0 aliphatic carbocycles. The molecule has 2 aliphatic rings. The summed E-state index contributed by atoms with van der Waals surface area (Å²) in [6, 6.07) is 19.2. The van der Waals surface area contributed by atoms with E-state index < -0.39 is 5.66 Å². The second-order valence-electron chi connectivity index (χ2n) is 8.35. The van der Waals surface area contributed by atoms with E-state index in [4.69, 9.17) is 11.6 Å². The van der Waals surface area contributed by atoms with Crippen molar-refractivity contribution in [2.24, 2.45) is 0 Å². The van der Waals surface area contributed by atoms with E-state index >= 15 is 0 Å². The molecule has 1 unspecified atom stereocenters. The minimum Gasteiger partial charge on any atom is -0.313 e. The van der Waals surface area contributed by atoms with Gasteiger partial charge in [0.25, 0.3) is 5.91 Å². The van der Waals surface area contributed by atoms with Crippen LogP contribution in [-0.4, -0.2) is 39.7 Å². The summed E-state index contributed by atoms with van der Waals surface area (Å²) in [6.45, 7) is 3.07. The number of amides is 2. The standard InChI is InChI=1S/C26H24ClN3O2/c1-2-18-5-7-19(8-6-18)16-24(31)29-14-15-30-25(32)22-4-3-13-28-23(22)17-26(29,30)20-9-11-21(27)12-10-20/h3-13H,2,14-17H2,1H3. The van der Waals surface area contributed by atoms with E-state index in [0.29, 0.717) is 30.1 Å². The summed E-state index contributed by atoms with van der Waals surface area (Å²) < 4.78 is 0. The number of aromatic nitrogens is 1. The van der Waals surface area contributed by atoms with Gasteiger partial charge in [-0.05, 0) is 47.4 Å². The van der Waals surface area contributed by atoms with E-state index in [1.165, 1.54) is 5.56 Å². The Bertz CT molecular complexity index is 1180. The zero-order valence-corrected chi connectivity index (χ0v) is 18.7. The Morgan fingerprint density at radius 2 is 1.75 bits per heavy atom. The van der Waals surface area contributed by atoms with Crippen molar-refractivity contribution in [2.45, 2.75) is 31.8 Å². The smallest absolute Gasteiger partial charge is 0.257 e. The van der Waals surface area contributed by atoms with Crippen LogP contribution in [0.4, 0.5) is 0 Å². The summed E-state index contributed by atoms with van der Waals surface area (Å²) in [5, 5.41) is 0.615. The third-order valence-electron chi connectivity index (χ3n) is 6.61. The maximum absolute atomic E-state index is 13.6. The van der Waals surface area contributed by atoms with Crippen molar-refractivity contribution >= 4 is 23.4 Å². The van der Waals surface area contributed by atoms with Gasteiger partial charge in [-0.1, -0.05) is 54.9 Å². The van der Waals surface area contributed by atoms with Gasteiger partial charge in [0.1, 0.15) is 5.66 Å². The van der Waals surface area contributed by atoms with Crippen molar-refractivity contribution in [3.05, 3.63) is 99.8 Å². The first kappa shape index (κ1) is 20.7. The van der Waals surface area contributed by atoms with Gasteiger partial charge in [0.15, 0.2) is 0 Å². The number of hydrogen-bond acceptors (Lipinski definition) is 3. The molecule has 2 aliphatic heterocycles. The van der Waals surface area contributed by atoms with Gasteiger partial charge < -0.3 is 9.80 Å². The van der Waals surface area contributed by atoms with Crippen molar-refractivity contribution in [3.63, 3.8) is 0 Å². The zero-order valence-electron chi connectivity index (χ0n) is 17.9. The molecular formula is C26H24ClN3O2. The first-order valence-electron chi connectivity index (χ1n) is 10.9. The second kappa shape index (κ2) is 8.06. The molecule has 0 spiro atoms. The molecule has 162 valence electrons. The van der Waals surface area contributed by atoms with Crippen LogP contribution in [-0.2, 0) is 29.7 Å². The Morgan fingerprint density at radius 3 is 2.47 bits per heavy atom. The molecule has 6 heteroatoms. The van der Waals surface area contributed by atoms with Crippen molar-refractivity contribution in [1.29, 1.82) is 0 Å². The molecule has 5 nitrogen and oxygen atoms in total. The molecule has 3 heterocycles. The number of carbonyl (C=O) groups excluding carboxylic acids is 2. The van der Waals surface area contributed by atoms with Crippen LogP contribution in [0.15, 0.2) is 66.9 Å². The van der Waals surface area contributed by atoms with Gasteiger partial charge in [0.05, 0.1) is 17.7 Å². The fraction of sp³-hybridized carbons (Fsp3) is 0.269. The number of benzene rings is 2. The maximum atomic E-state index is 13.6. The highest BCUT2D eigenvalue weighted by Gasteiger charge is 2.55. The van der Waals surface area contributed by atoms with E-state index in [0.717, 1.165) is 23.2 Å². The van der Waals surface area contributed by atoms with Crippen molar-refractivity contribution in [3.8, 4) is 0 Å². The van der Waals surface area contributed by atoms with E-state index in [-0.39, 0.29) is 18.2 Å². The van der Waals surface area contributed by atoms with Gasteiger partial charge in [0, 0.05) is 30.7 Å². The molecule has 5 rings (SSSR count). The van der Waals surface area contributed by atoms with Crippen LogP contribution < -0.4 is 0 Å². The minimum absolute atomic E-state index is 0.00104. The number of nitrogens with zero attached hydrogens (tertiary/aromatic N) is 3. The first-order chi connectivity index (χ1) is 15.5. The predicted octanol–water partition coefficient (Wildman–Crippen LogP) is 4.23. The minimum atomic E-state index is -0.899. The molecule has 1 atom stereocenters. The number of fused-ring (bicyclic) bond motifs is 2. The first-order valence-corrected chi connectivity index (χ1v) is 11.3. The molecule has 0 saturated carbocycles. The third-order valence-corrected chi connectivity index (χ3v) is 6.87. The highest BCUT2D eigenvalue weighted by molar-refractivity contribution is 6.30. The highest BCUT2D eigenvalue weighted by atomic mass is 35.5. The van der Waals surface area contributed by atoms with Gasteiger partial charge in [-0.3, -0.25) is 14.6 Å². The lowest BCUT2D eigenvalue weighted by Crippen LogP contribution is -2.58. The van der Waals surface area contributed by atoms with Gasteiger partial charge in [0.2, 0.25) is 5.91 Å². The maximum Gasteiger partial charge on any atom is 0.257 e. The lowest BCUT2D eigenvalue weighted by atomic mass is 9.86. The van der Waals surface area contributed by atoms with Gasteiger partial charge >= 0.3 is 0 Å². The van der Waals surface area contributed by atoms with Crippen molar-refractivity contribution < 1.29 is 9.59 Å². The molecule has 0 radical (unpaired) electrons. The van der Waals surface area contributed by atoms with E-state index in [1.54, 1.807) is 12.3 Å². The molecule has 2 aromatic carbocycles. The van der Waals surface area contributed by atoms with Crippen LogP contribution in [0.3, 0.4) is 0 Å². The van der Waals surface area contributed by atoms with Crippen molar-refractivity contribution in [1.82, 2.24) is 14.8 Å². The largest absolute Gasteiger partial charge is 0.313 e. The van der Waals surface area contributed by atoms with E-state index in [2.05, 4.69) is 24.0 Å². The van der Waals surface area contributed by atoms with Crippen LogP contribution in [0, 0.1) is 0 Å². The van der Waals surface area contributed by atoms with E-state index in [1.807, 2.05) is 52.3 Å². The summed E-state index contributed by atoms with van der Waals surface area (Å²) in [7, 11) is 0. The number of aryl methyl sites for hydroxylation is 1. The average molecular weight is 446 g/mol. The molecule has 1 saturated heterocycles. The number of carbonyl (C=O) groups is 2. The third kappa shape index (κ3) is 3.28. The number of halogens is 1. The molecule has 3 aromatic rings. The molecular weight excluding hydrogens is 422 g/mol. The quantitative estimate of drug-likeness (QED) is 0.603. The highest BCUT2D eigenvalue weighted by Crippen LogP contribution is 2.44. The number of rotatable bonds is 4. The Balaban J connectivity index is 1.57. The Hall–Kier alpha value is -3.18. The van der Waals surface area contributed by atoms with Crippen LogP contribution >= 0.6 is 11.6 Å². The summed E-state index contributed by atoms with van der Waals surface area (Å²) in [5.74, 6) is -0.0872. The number of hydrogen-bond donors (Lipinski definition) is 0. The Labute approximate surface area is 192 Å². The van der Waals surface area contributed by atoms with Crippen LogP contribution in [0.25, 0.3) is 0 Å². The summed E-state index contributed by atoms with van der Waals surface area (Å²) in [6.07, 6.45) is 3.41. The zero-order chi connectivity index (χ0) is 22.3. The molecule has 1 fully saturated rings. The van der Waals surface area contributed by atoms with Crippen LogP contribution in [0.5, 0.6) is 0 Å². The van der Waals surface area contributed by atoms with Gasteiger partial charge in [-0.15, -0.1) is 0 Å². The van der Waals surface area contributed by atoms with E-state index in [9.17, 15) is 9.59 Å². The predicted molar refractivity (Wildman–Crippen MR) is 123 cm³/mol. The molecule has 0 bridgehead atoms. The van der Waals surface area contributed by atoms with Crippen LogP contribution in [0.2, 0.25) is 5.02 Å². The second-order valence-corrected chi connectivity index (χ2v) is 8.78. The lowest BCUT2D eigenvalue weighted by Gasteiger charge is -2.47. The fourth-order valence-corrected chi connectivity index (χ4v) is 5.08. The monoisotopic (exact) mass is 445 g/mol. The number of pyridine rings is 1. The summed E-state index contributed by atoms with van der Waals surface area (Å²) in [5.41, 5.74) is 3.52. The Kier molecular flexibility index (Phi) is 5.22.